The van der Waals surface area contributed by atoms with Crippen molar-refractivity contribution < 1.29 is 66.4 Å². The van der Waals surface area contributed by atoms with Crippen molar-refractivity contribution >= 4 is 12.1 Å². The van der Waals surface area contributed by atoms with Gasteiger partial charge in [0, 0.05) is 19.1 Å². The third-order valence-electron chi connectivity index (χ3n) is 8.18. The summed E-state index contributed by atoms with van der Waals surface area (Å²) in [5, 5.41) is 2.80. The Hall–Kier alpha value is -3.22. The van der Waals surface area contributed by atoms with Crippen molar-refractivity contribution in [2.24, 2.45) is 0 Å². The van der Waals surface area contributed by atoms with Crippen LogP contribution in [0.1, 0.15) is 36.8 Å². The van der Waals surface area contributed by atoms with Crippen LogP contribution in [0.25, 0.3) is 11.1 Å². The van der Waals surface area contributed by atoms with E-state index in [4.69, 9.17) is 56.8 Å². The smallest absolute Gasteiger partial charge is 0.407 e. The summed E-state index contributed by atoms with van der Waals surface area (Å²) in [5.74, 6) is -0.208. The van der Waals surface area contributed by atoms with Gasteiger partial charge >= 0.3 is 12.1 Å². The van der Waals surface area contributed by atoms with E-state index < -0.39 is 6.09 Å². The maximum Gasteiger partial charge on any atom is 0.407 e. The molecule has 15 heteroatoms. The topological polar surface area (TPSA) is 157 Å². The van der Waals surface area contributed by atoms with Gasteiger partial charge in [0.2, 0.25) is 0 Å². The van der Waals surface area contributed by atoms with Crippen LogP contribution in [-0.2, 0) is 61.6 Å². The van der Waals surface area contributed by atoms with Gasteiger partial charge in [-0.05, 0) is 35.6 Å². The van der Waals surface area contributed by atoms with Crippen molar-refractivity contribution in [3.8, 4) is 11.1 Å². The zero-order valence-corrected chi connectivity index (χ0v) is 33.1. The molecule has 15 nitrogen and oxygen atoms in total. The molecule has 1 N–H and O–H groups in total. The molecule has 0 radical (unpaired) electrons. The van der Waals surface area contributed by atoms with Gasteiger partial charge in [-0.2, -0.15) is 0 Å². The highest BCUT2D eigenvalue weighted by Crippen LogP contribution is 2.44. The molecule has 0 saturated carbocycles. The van der Waals surface area contributed by atoms with E-state index in [0.717, 1.165) is 0 Å². The van der Waals surface area contributed by atoms with Crippen LogP contribution < -0.4 is 5.32 Å². The first-order chi connectivity index (χ1) is 27.7. The fraction of sp³-hybridized carbons (Fsp3) is 0.659. The number of hydrogen-bond donors (Lipinski definition) is 1. The van der Waals surface area contributed by atoms with Crippen molar-refractivity contribution in [3.63, 3.8) is 0 Å². The number of nitrogens with one attached hydrogen (secondary N) is 1. The first-order valence-electron chi connectivity index (χ1n) is 19.7. The van der Waals surface area contributed by atoms with E-state index in [1.165, 1.54) is 22.3 Å². The molecule has 0 bridgehead atoms. The lowest BCUT2D eigenvalue weighted by Gasteiger charge is -2.14. The lowest BCUT2D eigenvalue weighted by molar-refractivity contribution is -0.144. The highest BCUT2D eigenvalue weighted by molar-refractivity contribution is 5.79. The zero-order chi connectivity index (χ0) is 39.6. The number of rotatable bonds is 37. The van der Waals surface area contributed by atoms with Crippen LogP contribution in [-0.4, -0.2) is 164 Å². The minimum absolute atomic E-state index is 0.0464. The van der Waals surface area contributed by atoms with E-state index >= 15 is 0 Å². The van der Waals surface area contributed by atoms with Gasteiger partial charge in [0.1, 0.15) is 6.61 Å². The number of carbonyl (C=O) groups excluding carboxylic acids is 2. The third-order valence-corrected chi connectivity index (χ3v) is 8.18. The van der Waals surface area contributed by atoms with Gasteiger partial charge in [0.05, 0.1) is 139 Å². The Kier molecular flexibility index (Phi) is 27.6. The number of hydrogen-bond acceptors (Lipinski definition) is 14. The Balaban J connectivity index is 0.941. The summed E-state index contributed by atoms with van der Waals surface area (Å²) in [5.41, 5.74) is 4.80. The summed E-state index contributed by atoms with van der Waals surface area (Å²) < 4.78 is 65.1. The summed E-state index contributed by atoms with van der Waals surface area (Å²) in [7, 11) is 0. The van der Waals surface area contributed by atoms with E-state index in [1.807, 2.05) is 24.3 Å². The lowest BCUT2D eigenvalue weighted by atomic mass is 9.98. The van der Waals surface area contributed by atoms with E-state index in [-0.39, 0.29) is 18.3 Å². The van der Waals surface area contributed by atoms with Crippen LogP contribution in [0, 0.1) is 0 Å². The minimum Gasteiger partial charge on any atom is -0.466 e. The van der Waals surface area contributed by atoms with Crippen LogP contribution in [0.4, 0.5) is 4.79 Å². The Labute approximate surface area is 331 Å². The molecule has 2 aromatic rings. The predicted octanol–water partition coefficient (Wildman–Crippen LogP) is 4.03. The molecule has 3 rings (SSSR count). The second-order valence-corrected chi connectivity index (χ2v) is 12.3. The highest BCUT2D eigenvalue weighted by Gasteiger charge is 2.28. The van der Waals surface area contributed by atoms with Crippen LogP contribution >= 0.6 is 0 Å². The summed E-state index contributed by atoms with van der Waals surface area (Å²) in [6, 6.07) is 16.6. The van der Waals surface area contributed by atoms with Gasteiger partial charge in [-0.15, -0.1) is 0 Å². The molecule has 0 atom stereocenters. The number of fused-ring (bicyclic) bond motifs is 3. The Morgan fingerprint density at radius 1 is 0.482 bits per heavy atom. The highest BCUT2D eigenvalue weighted by atomic mass is 16.6. The maximum atomic E-state index is 12.3. The molecule has 0 spiro atoms. The van der Waals surface area contributed by atoms with E-state index in [9.17, 15) is 9.59 Å². The van der Waals surface area contributed by atoms with Gasteiger partial charge in [-0.25, -0.2) is 4.79 Å². The molecule has 316 valence electrons. The predicted molar refractivity (Wildman–Crippen MR) is 207 cm³/mol. The quantitative estimate of drug-likeness (QED) is 0.0773. The summed E-state index contributed by atoms with van der Waals surface area (Å²) >= 11 is 0. The first-order valence-corrected chi connectivity index (χ1v) is 19.7. The Morgan fingerprint density at radius 2 is 0.839 bits per heavy atom. The van der Waals surface area contributed by atoms with Gasteiger partial charge in [0.15, 0.2) is 0 Å². The van der Waals surface area contributed by atoms with Crippen LogP contribution in [0.2, 0.25) is 0 Å². The van der Waals surface area contributed by atoms with Crippen LogP contribution in [0.15, 0.2) is 48.5 Å². The second kappa shape index (κ2) is 32.8. The van der Waals surface area contributed by atoms with Gasteiger partial charge in [-0.1, -0.05) is 48.5 Å². The van der Waals surface area contributed by atoms with E-state index in [0.29, 0.717) is 158 Å². The molecule has 0 saturated heterocycles. The second-order valence-electron chi connectivity index (χ2n) is 12.3. The summed E-state index contributed by atoms with van der Waals surface area (Å²) in [6.45, 7) is 12.3. The minimum atomic E-state index is -0.418. The molecule has 1 amide bonds. The molecule has 0 heterocycles. The van der Waals surface area contributed by atoms with Gasteiger partial charge < -0.3 is 62.2 Å². The zero-order valence-electron chi connectivity index (χ0n) is 33.1. The number of esters is 1. The maximum absolute atomic E-state index is 12.3. The normalized spacial score (nSPS) is 12.1. The Bertz CT molecular complexity index is 1240. The van der Waals surface area contributed by atoms with Gasteiger partial charge in [-0.3, -0.25) is 4.79 Å². The van der Waals surface area contributed by atoms with Gasteiger partial charge in [0.25, 0.3) is 0 Å². The molecule has 2 aromatic carbocycles. The standard InChI is InChI=1S/C41H63NO14/c1-2-55-40(43)12-15-46-17-19-48-21-23-50-25-27-52-29-31-54-33-32-53-30-28-51-26-24-49-22-20-47-18-16-45-14-7-13-42-41(44)56-34-39-37-10-5-3-8-35(37)36-9-4-6-11-38(36)39/h3-6,8-11,39H,2,7,12-34H2,1H3,(H,42,44). The summed E-state index contributed by atoms with van der Waals surface area (Å²) in [6.07, 6.45) is 0.513. The number of carbonyl (C=O) groups is 2. The average Bonchev–Trinajstić information content (AvgIpc) is 3.53. The van der Waals surface area contributed by atoms with Crippen molar-refractivity contribution in [2.45, 2.75) is 25.7 Å². The van der Waals surface area contributed by atoms with Crippen molar-refractivity contribution in [1.82, 2.24) is 5.32 Å². The SMILES string of the molecule is CCOC(=O)CCOCCOCCOCCOCCOCCOCCOCCOCCOCCOCCCNC(=O)OCC1c2ccccc2-c2ccccc21. The molecule has 1 aliphatic carbocycles. The molecule has 1 aliphatic rings. The number of benzene rings is 2. The van der Waals surface area contributed by atoms with Crippen molar-refractivity contribution in [3.05, 3.63) is 59.7 Å². The van der Waals surface area contributed by atoms with Crippen molar-refractivity contribution in [2.75, 3.05) is 152 Å². The number of alkyl carbamates (subject to hydrolysis) is 1. The lowest BCUT2D eigenvalue weighted by Crippen LogP contribution is -2.27. The molecule has 56 heavy (non-hydrogen) atoms. The van der Waals surface area contributed by atoms with E-state index in [2.05, 4.69) is 29.6 Å². The molecule has 0 aromatic heterocycles. The third kappa shape index (κ3) is 21.9. The number of ether oxygens (including phenoxy) is 12. The van der Waals surface area contributed by atoms with E-state index in [1.54, 1.807) is 6.92 Å². The monoisotopic (exact) mass is 793 g/mol. The molecular formula is C41H63NO14. The van der Waals surface area contributed by atoms with Crippen LogP contribution in [0.3, 0.4) is 0 Å². The largest absolute Gasteiger partial charge is 0.466 e. The number of amides is 1. The first kappa shape index (κ1) is 47.2. The molecule has 0 fully saturated rings. The fourth-order valence-electron chi connectivity index (χ4n) is 5.48. The van der Waals surface area contributed by atoms with Crippen LogP contribution in [0.5, 0.6) is 0 Å². The average molecular weight is 794 g/mol. The summed E-state index contributed by atoms with van der Waals surface area (Å²) in [4.78, 5) is 23.4. The fourth-order valence-corrected chi connectivity index (χ4v) is 5.48. The molecule has 0 unspecified atom stereocenters. The van der Waals surface area contributed by atoms with Crippen molar-refractivity contribution in [1.29, 1.82) is 0 Å². The molecule has 0 aliphatic heterocycles. The molecular weight excluding hydrogens is 730 g/mol. The Morgan fingerprint density at radius 3 is 1.23 bits per heavy atom.